The number of rotatable bonds is 4. The molecule has 0 aromatic carbocycles. The lowest BCUT2D eigenvalue weighted by Crippen LogP contribution is -2.18. The molecule has 0 bridgehead atoms. The molecular weight excluding hydrogens is 247 g/mol. The van der Waals surface area contributed by atoms with Gasteiger partial charge in [0.25, 0.3) is 0 Å². The Kier molecular flexibility index (Phi) is 4.09. The minimum absolute atomic E-state index is 0.262. The van der Waals surface area contributed by atoms with E-state index in [1.807, 2.05) is 11.3 Å². The highest BCUT2D eigenvalue weighted by Gasteiger charge is 2.10. The Morgan fingerprint density at radius 2 is 2.11 bits per heavy atom. The Hall–Kier alpha value is -1.26. The standard InChI is InChI=1S/C14H17FN2S/c1-9-4-14(11(3)18-9)10(2)17-7-12-5-13(15)8-16-6-12/h4-6,8,10,17H,7H2,1-3H3. The van der Waals surface area contributed by atoms with Crippen LogP contribution in [0.25, 0.3) is 0 Å². The predicted molar refractivity (Wildman–Crippen MR) is 73.2 cm³/mol. The van der Waals surface area contributed by atoms with E-state index in [0.29, 0.717) is 6.54 Å². The van der Waals surface area contributed by atoms with Crippen LogP contribution < -0.4 is 5.32 Å². The first-order valence-corrected chi connectivity index (χ1v) is 6.77. The van der Waals surface area contributed by atoms with Crippen LogP contribution in [0.15, 0.2) is 24.5 Å². The van der Waals surface area contributed by atoms with Crippen molar-refractivity contribution in [1.29, 1.82) is 0 Å². The number of aromatic nitrogens is 1. The van der Waals surface area contributed by atoms with Gasteiger partial charge in [0.1, 0.15) is 5.82 Å². The van der Waals surface area contributed by atoms with E-state index in [0.717, 1.165) is 5.56 Å². The predicted octanol–water partition coefficient (Wildman–Crippen LogP) is 3.75. The first-order chi connectivity index (χ1) is 8.56. The minimum Gasteiger partial charge on any atom is -0.306 e. The van der Waals surface area contributed by atoms with Crippen LogP contribution >= 0.6 is 11.3 Å². The van der Waals surface area contributed by atoms with Crippen molar-refractivity contribution in [3.05, 3.63) is 51.2 Å². The third-order valence-electron chi connectivity index (χ3n) is 2.92. The van der Waals surface area contributed by atoms with Crippen molar-refractivity contribution in [2.45, 2.75) is 33.4 Å². The van der Waals surface area contributed by atoms with E-state index in [4.69, 9.17) is 0 Å². The number of pyridine rings is 1. The van der Waals surface area contributed by atoms with E-state index >= 15 is 0 Å². The molecule has 0 radical (unpaired) electrons. The van der Waals surface area contributed by atoms with Crippen LogP contribution in [0.1, 0.15) is 33.8 Å². The van der Waals surface area contributed by atoms with Gasteiger partial charge in [-0.3, -0.25) is 4.98 Å². The molecule has 0 aliphatic heterocycles. The van der Waals surface area contributed by atoms with Crippen LogP contribution in [0.5, 0.6) is 0 Å². The van der Waals surface area contributed by atoms with Gasteiger partial charge in [-0.15, -0.1) is 11.3 Å². The summed E-state index contributed by atoms with van der Waals surface area (Å²) in [4.78, 5) is 6.50. The van der Waals surface area contributed by atoms with Gasteiger partial charge in [0.05, 0.1) is 6.20 Å². The van der Waals surface area contributed by atoms with Gasteiger partial charge in [0.2, 0.25) is 0 Å². The van der Waals surface area contributed by atoms with Crippen LogP contribution in [0.4, 0.5) is 4.39 Å². The Morgan fingerprint density at radius 1 is 1.33 bits per heavy atom. The van der Waals surface area contributed by atoms with Crippen molar-refractivity contribution in [2.24, 2.45) is 0 Å². The fourth-order valence-corrected chi connectivity index (χ4v) is 3.04. The molecule has 2 aromatic heterocycles. The summed E-state index contributed by atoms with van der Waals surface area (Å²) in [5, 5.41) is 3.40. The molecule has 1 atom stereocenters. The Balaban J connectivity index is 2.00. The quantitative estimate of drug-likeness (QED) is 0.909. The largest absolute Gasteiger partial charge is 0.306 e. The van der Waals surface area contributed by atoms with Crippen LogP contribution in [0.3, 0.4) is 0 Å². The summed E-state index contributed by atoms with van der Waals surface area (Å²) >= 11 is 1.81. The molecule has 0 aliphatic carbocycles. The lowest BCUT2D eigenvalue weighted by molar-refractivity contribution is 0.566. The summed E-state index contributed by atoms with van der Waals surface area (Å²) in [7, 11) is 0. The second-order valence-electron chi connectivity index (χ2n) is 4.48. The zero-order chi connectivity index (χ0) is 13.1. The number of aryl methyl sites for hydroxylation is 2. The Labute approximate surface area is 111 Å². The molecule has 0 spiro atoms. The highest BCUT2D eigenvalue weighted by molar-refractivity contribution is 7.12. The number of hydrogen-bond donors (Lipinski definition) is 1. The first kappa shape index (κ1) is 13.2. The van der Waals surface area contributed by atoms with E-state index in [2.05, 4.69) is 37.1 Å². The normalized spacial score (nSPS) is 12.7. The number of halogens is 1. The third-order valence-corrected chi connectivity index (χ3v) is 3.90. The fourth-order valence-electron chi connectivity index (χ4n) is 2.01. The zero-order valence-corrected chi connectivity index (χ0v) is 11.6. The topological polar surface area (TPSA) is 24.9 Å². The second-order valence-corrected chi connectivity index (χ2v) is 5.94. The zero-order valence-electron chi connectivity index (χ0n) is 10.8. The maximum Gasteiger partial charge on any atom is 0.141 e. The van der Waals surface area contributed by atoms with Gasteiger partial charge in [0.15, 0.2) is 0 Å². The average molecular weight is 264 g/mol. The molecule has 2 heterocycles. The molecule has 2 aromatic rings. The smallest absolute Gasteiger partial charge is 0.141 e. The van der Waals surface area contributed by atoms with E-state index in [9.17, 15) is 4.39 Å². The van der Waals surface area contributed by atoms with Gasteiger partial charge in [-0.05, 0) is 44.0 Å². The molecule has 96 valence electrons. The summed E-state index contributed by atoms with van der Waals surface area (Å²) in [5.41, 5.74) is 2.19. The van der Waals surface area contributed by atoms with Gasteiger partial charge in [0, 0.05) is 28.5 Å². The van der Waals surface area contributed by atoms with Crippen LogP contribution in [-0.4, -0.2) is 4.98 Å². The molecular formula is C14H17FN2S. The van der Waals surface area contributed by atoms with Gasteiger partial charge in [-0.1, -0.05) is 0 Å². The van der Waals surface area contributed by atoms with Gasteiger partial charge < -0.3 is 5.32 Å². The third kappa shape index (κ3) is 3.15. The maximum atomic E-state index is 13.0. The van der Waals surface area contributed by atoms with Crippen LogP contribution in [0.2, 0.25) is 0 Å². The lowest BCUT2D eigenvalue weighted by atomic mass is 10.1. The van der Waals surface area contributed by atoms with Gasteiger partial charge in [-0.25, -0.2) is 4.39 Å². The van der Waals surface area contributed by atoms with Crippen molar-refractivity contribution in [3.8, 4) is 0 Å². The molecule has 0 saturated heterocycles. The highest BCUT2D eigenvalue weighted by Crippen LogP contribution is 2.26. The molecule has 0 amide bonds. The summed E-state index contributed by atoms with van der Waals surface area (Å²) in [6.07, 6.45) is 2.91. The average Bonchev–Trinajstić information content (AvgIpc) is 2.66. The summed E-state index contributed by atoms with van der Waals surface area (Å²) in [6, 6.07) is 3.98. The second kappa shape index (κ2) is 5.59. The van der Waals surface area contributed by atoms with E-state index in [1.165, 1.54) is 27.6 Å². The van der Waals surface area contributed by atoms with Crippen molar-refractivity contribution < 1.29 is 4.39 Å². The number of nitrogens with one attached hydrogen (secondary N) is 1. The maximum absolute atomic E-state index is 13.0. The molecule has 0 saturated carbocycles. The van der Waals surface area contributed by atoms with Crippen molar-refractivity contribution in [1.82, 2.24) is 10.3 Å². The lowest BCUT2D eigenvalue weighted by Gasteiger charge is -2.13. The van der Waals surface area contributed by atoms with Crippen molar-refractivity contribution in [3.63, 3.8) is 0 Å². The Bertz CT molecular complexity index is 536. The molecule has 2 rings (SSSR count). The minimum atomic E-state index is -0.287. The van der Waals surface area contributed by atoms with E-state index in [-0.39, 0.29) is 11.9 Å². The molecule has 18 heavy (non-hydrogen) atoms. The Morgan fingerprint density at radius 3 is 2.72 bits per heavy atom. The molecule has 4 heteroatoms. The molecule has 0 aliphatic rings. The number of nitrogens with zero attached hydrogens (tertiary/aromatic N) is 1. The highest BCUT2D eigenvalue weighted by atomic mass is 32.1. The molecule has 0 fully saturated rings. The summed E-state index contributed by atoms with van der Waals surface area (Å²) in [5.74, 6) is -0.287. The van der Waals surface area contributed by atoms with E-state index < -0.39 is 0 Å². The number of hydrogen-bond acceptors (Lipinski definition) is 3. The summed E-state index contributed by atoms with van der Waals surface area (Å²) in [6.45, 7) is 7.00. The van der Waals surface area contributed by atoms with E-state index in [1.54, 1.807) is 6.20 Å². The molecule has 1 N–H and O–H groups in total. The summed E-state index contributed by atoms with van der Waals surface area (Å²) < 4.78 is 13.0. The van der Waals surface area contributed by atoms with Gasteiger partial charge >= 0.3 is 0 Å². The molecule has 2 nitrogen and oxygen atoms in total. The first-order valence-electron chi connectivity index (χ1n) is 5.96. The van der Waals surface area contributed by atoms with Crippen LogP contribution in [0, 0.1) is 19.7 Å². The monoisotopic (exact) mass is 264 g/mol. The van der Waals surface area contributed by atoms with Crippen molar-refractivity contribution >= 4 is 11.3 Å². The number of thiophene rings is 1. The van der Waals surface area contributed by atoms with Crippen molar-refractivity contribution in [2.75, 3.05) is 0 Å². The fraction of sp³-hybridized carbons (Fsp3) is 0.357. The van der Waals surface area contributed by atoms with Gasteiger partial charge in [-0.2, -0.15) is 0 Å². The van der Waals surface area contributed by atoms with Crippen LogP contribution in [-0.2, 0) is 6.54 Å². The SMILES string of the molecule is Cc1cc(C(C)NCc2cncc(F)c2)c(C)s1. The molecule has 1 unspecified atom stereocenters.